The Morgan fingerprint density at radius 2 is 1.97 bits per heavy atom. The summed E-state index contributed by atoms with van der Waals surface area (Å²) < 4.78 is 7.93. The normalized spacial score (nSPS) is 20.3. The van der Waals surface area contributed by atoms with Gasteiger partial charge in [0.15, 0.2) is 0 Å². The van der Waals surface area contributed by atoms with E-state index in [4.69, 9.17) is 9.72 Å². The molecule has 6 heteroatoms. The summed E-state index contributed by atoms with van der Waals surface area (Å²) in [4.78, 5) is 24.6. The van der Waals surface area contributed by atoms with Crippen molar-refractivity contribution in [3.8, 4) is 0 Å². The predicted octanol–water partition coefficient (Wildman–Crippen LogP) is 4.19. The largest absolute Gasteiger partial charge is 0.381 e. The molecule has 2 saturated heterocycles. The number of aryl methyl sites for hydroxylation is 1. The van der Waals surface area contributed by atoms with Gasteiger partial charge in [-0.2, -0.15) is 0 Å². The first-order valence-corrected chi connectivity index (χ1v) is 11.4. The minimum atomic E-state index is 0.0439. The number of fused-ring (bicyclic) bond motifs is 1. The molecule has 31 heavy (non-hydrogen) atoms. The molecule has 1 atom stereocenters. The van der Waals surface area contributed by atoms with Crippen LogP contribution in [0.4, 0.5) is 0 Å². The first-order valence-electron chi connectivity index (χ1n) is 11.4. The second-order valence-corrected chi connectivity index (χ2v) is 8.90. The SMILES string of the molecule is Cc1cnc(C2CCOCC2)n1CC1CCCN(C(=O)c2ccc3ccccc3n2)C1. The molecular weight excluding hydrogens is 388 g/mol. The van der Waals surface area contributed by atoms with Gasteiger partial charge in [-0.25, -0.2) is 9.97 Å². The second kappa shape index (κ2) is 8.79. The average Bonchev–Trinajstić information content (AvgIpc) is 3.19. The Bertz CT molecular complexity index is 1070. The van der Waals surface area contributed by atoms with Gasteiger partial charge in [-0.3, -0.25) is 4.79 Å². The molecule has 4 heterocycles. The van der Waals surface area contributed by atoms with E-state index in [2.05, 4.69) is 16.5 Å². The molecule has 162 valence electrons. The van der Waals surface area contributed by atoms with E-state index in [9.17, 15) is 4.79 Å². The zero-order chi connectivity index (χ0) is 21.2. The molecule has 0 spiro atoms. The van der Waals surface area contributed by atoms with Crippen LogP contribution in [0.2, 0.25) is 0 Å². The van der Waals surface area contributed by atoms with E-state index in [0.29, 0.717) is 17.5 Å². The smallest absolute Gasteiger partial charge is 0.272 e. The van der Waals surface area contributed by atoms with Crippen molar-refractivity contribution in [2.24, 2.45) is 5.92 Å². The number of ether oxygens (including phenoxy) is 1. The minimum Gasteiger partial charge on any atom is -0.381 e. The van der Waals surface area contributed by atoms with E-state index in [1.54, 1.807) is 0 Å². The quantitative estimate of drug-likeness (QED) is 0.638. The maximum atomic E-state index is 13.2. The molecule has 5 rings (SSSR count). The first kappa shape index (κ1) is 20.2. The molecular formula is C25H30N4O2. The number of nitrogens with zero attached hydrogens (tertiary/aromatic N) is 4. The molecule has 0 saturated carbocycles. The van der Waals surface area contributed by atoms with Crippen LogP contribution in [0.1, 0.15) is 53.6 Å². The van der Waals surface area contributed by atoms with Crippen LogP contribution in [-0.4, -0.2) is 51.6 Å². The van der Waals surface area contributed by atoms with Gasteiger partial charge in [-0.05, 0) is 50.7 Å². The van der Waals surface area contributed by atoms with E-state index in [1.165, 1.54) is 11.5 Å². The van der Waals surface area contributed by atoms with Gasteiger partial charge in [-0.1, -0.05) is 24.3 Å². The highest BCUT2D eigenvalue weighted by atomic mass is 16.5. The van der Waals surface area contributed by atoms with Gasteiger partial charge in [0.2, 0.25) is 0 Å². The first-order chi connectivity index (χ1) is 15.2. The van der Waals surface area contributed by atoms with Gasteiger partial charge in [0.1, 0.15) is 11.5 Å². The Morgan fingerprint density at radius 3 is 2.84 bits per heavy atom. The summed E-state index contributed by atoms with van der Waals surface area (Å²) in [5, 5.41) is 1.06. The summed E-state index contributed by atoms with van der Waals surface area (Å²) in [5.41, 5.74) is 2.62. The van der Waals surface area contributed by atoms with Crippen molar-refractivity contribution in [2.45, 2.75) is 45.1 Å². The predicted molar refractivity (Wildman–Crippen MR) is 120 cm³/mol. The number of rotatable bonds is 4. The highest BCUT2D eigenvalue weighted by Crippen LogP contribution is 2.29. The maximum absolute atomic E-state index is 13.2. The third-order valence-electron chi connectivity index (χ3n) is 6.74. The number of imidazole rings is 1. The fraction of sp³-hybridized carbons (Fsp3) is 0.480. The van der Waals surface area contributed by atoms with Crippen LogP contribution in [0.3, 0.4) is 0 Å². The molecule has 0 radical (unpaired) electrons. The van der Waals surface area contributed by atoms with Crippen LogP contribution in [-0.2, 0) is 11.3 Å². The van der Waals surface area contributed by atoms with Crippen molar-refractivity contribution < 1.29 is 9.53 Å². The Kier molecular flexibility index (Phi) is 5.72. The third kappa shape index (κ3) is 4.22. The summed E-state index contributed by atoms with van der Waals surface area (Å²) >= 11 is 0. The molecule has 0 aliphatic carbocycles. The van der Waals surface area contributed by atoms with E-state index in [1.807, 2.05) is 47.5 Å². The van der Waals surface area contributed by atoms with E-state index >= 15 is 0 Å². The van der Waals surface area contributed by atoms with Crippen molar-refractivity contribution in [3.63, 3.8) is 0 Å². The molecule has 1 aromatic carbocycles. The van der Waals surface area contributed by atoms with Gasteiger partial charge in [0.25, 0.3) is 5.91 Å². The maximum Gasteiger partial charge on any atom is 0.272 e. The molecule has 1 amide bonds. The Morgan fingerprint density at radius 1 is 1.13 bits per heavy atom. The van der Waals surface area contributed by atoms with E-state index in [0.717, 1.165) is 69.4 Å². The van der Waals surface area contributed by atoms with Crippen molar-refractivity contribution in [1.82, 2.24) is 19.4 Å². The van der Waals surface area contributed by atoms with Gasteiger partial charge < -0.3 is 14.2 Å². The zero-order valence-corrected chi connectivity index (χ0v) is 18.2. The van der Waals surface area contributed by atoms with Crippen LogP contribution < -0.4 is 0 Å². The highest BCUT2D eigenvalue weighted by Gasteiger charge is 2.28. The monoisotopic (exact) mass is 418 g/mol. The molecule has 2 aromatic heterocycles. The summed E-state index contributed by atoms with van der Waals surface area (Å²) in [5.74, 6) is 2.15. The van der Waals surface area contributed by atoms with Gasteiger partial charge in [0.05, 0.1) is 5.52 Å². The lowest BCUT2D eigenvalue weighted by Crippen LogP contribution is -2.41. The number of carbonyl (C=O) groups is 1. The van der Waals surface area contributed by atoms with Crippen LogP contribution in [0.25, 0.3) is 10.9 Å². The summed E-state index contributed by atoms with van der Waals surface area (Å²) in [7, 11) is 0. The van der Waals surface area contributed by atoms with Gasteiger partial charge in [-0.15, -0.1) is 0 Å². The Hall–Kier alpha value is -2.73. The summed E-state index contributed by atoms with van der Waals surface area (Å²) in [6, 6.07) is 11.8. The lowest BCUT2D eigenvalue weighted by Gasteiger charge is -2.34. The summed E-state index contributed by atoms with van der Waals surface area (Å²) in [6.07, 6.45) is 6.25. The average molecular weight is 419 g/mol. The van der Waals surface area contributed by atoms with Gasteiger partial charge in [0, 0.05) is 56.0 Å². The number of carbonyl (C=O) groups excluding carboxylic acids is 1. The number of piperidine rings is 1. The van der Waals surface area contributed by atoms with Crippen LogP contribution in [0, 0.1) is 12.8 Å². The molecule has 2 aliphatic heterocycles. The number of para-hydroxylation sites is 1. The second-order valence-electron chi connectivity index (χ2n) is 8.90. The number of likely N-dealkylation sites (tertiary alicyclic amines) is 1. The zero-order valence-electron chi connectivity index (χ0n) is 18.2. The molecule has 2 fully saturated rings. The fourth-order valence-corrected chi connectivity index (χ4v) is 5.00. The number of aromatic nitrogens is 3. The fourth-order valence-electron chi connectivity index (χ4n) is 5.00. The molecule has 0 N–H and O–H groups in total. The number of pyridine rings is 1. The van der Waals surface area contributed by atoms with Gasteiger partial charge >= 0.3 is 0 Å². The molecule has 6 nitrogen and oxygen atoms in total. The molecule has 0 bridgehead atoms. The standard InChI is InChI=1S/C25H30N4O2/c1-18-15-26-24(21-10-13-31-14-11-21)29(18)17-19-5-4-12-28(16-19)25(30)23-9-8-20-6-2-3-7-22(20)27-23/h2-3,6-9,15,19,21H,4-5,10-14,16-17H2,1H3. The van der Waals surface area contributed by atoms with Crippen LogP contribution in [0.15, 0.2) is 42.6 Å². The molecule has 3 aromatic rings. The van der Waals surface area contributed by atoms with E-state index < -0.39 is 0 Å². The molecule has 1 unspecified atom stereocenters. The van der Waals surface area contributed by atoms with Crippen LogP contribution in [0.5, 0.6) is 0 Å². The third-order valence-corrected chi connectivity index (χ3v) is 6.74. The van der Waals surface area contributed by atoms with E-state index in [-0.39, 0.29) is 5.91 Å². The lowest BCUT2D eigenvalue weighted by atomic mass is 9.96. The number of hydrogen-bond donors (Lipinski definition) is 0. The van der Waals surface area contributed by atoms with Crippen molar-refractivity contribution in [3.05, 3.63) is 59.8 Å². The molecule has 2 aliphatic rings. The van der Waals surface area contributed by atoms with Crippen molar-refractivity contribution in [2.75, 3.05) is 26.3 Å². The number of amides is 1. The topological polar surface area (TPSA) is 60.2 Å². The lowest BCUT2D eigenvalue weighted by molar-refractivity contribution is 0.0651. The summed E-state index contributed by atoms with van der Waals surface area (Å²) in [6.45, 7) is 6.29. The Balaban J connectivity index is 1.30. The minimum absolute atomic E-state index is 0.0439. The highest BCUT2D eigenvalue weighted by molar-refractivity contribution is 5.95. The number of benzene rings is 1. The van der Waals surface area contributed by atoms with Crippen molar-refractivity contribution in [1.29, 1.82) is 0 Å². The Labute approximate surface area is 183 Å². The van der Waals surface area contributed by atoms with Crippen molar-refractivity contribution >= 4 is 16.8 Å². The number of hydrogen-bond acceptors (Lipinski definition) is 4. The van der Waals surface area contributed by atoms with Crippen LogP contribution >= 0.6 is 0 Å².